The van der Waals surface area contributed by atoms with Crippen molar-refractivity contribution in [2.45, 2.75) is 32.0 Å². The maximum absolute atomic E-state index is 11.5. The second-order valence-corrected chi connectivity index (χ2v) is 3.66. The summed E-state index contributed by atoms with van der Waals surface area (Å²) in [6.07, 6.45) is -0.383. The van der Waals surface area contributed by atoms with Crippen LogP contribution in [-0.4, -0.2) is 41.1 Å². The number of cyclic esters (lactones) is 1. The number of ether oxygens (including phenoxy) is 2. The summed E-state index contributed by atoms with van der Waals surface area (Å²) in [5.74, 6) is -1.29. The van der Waals surface area contributed by atoms with Crippen LogP contribution >= 0.6 is 0 Å². The van der Waals surface area contributed by atoms with Crippen LogP contribution in [0.4, 0.5) is 0 Å². The summed E-state index contributed by atoms with van der Waals surface area (Å²) in [4.78, 5) is 34.7. The third kappa shape index (κ3) is 1.20. The molecular formula is C9H11NO5. The number of hydrogen-bond donors (Lipinski definition) is 0. The first-order valence-corrected chi connectivity index (χ1v) is 4.64. The van der Waals surface area contributed by atoms with E-state index in [-0.39, 0.29) is 12.5 Å². The Kier molecular flexibility index (Phi) is 1.95. The number of nitrogens with zero attached hydrogens (tertiary/aromatic N) is 1. The van der Waals surface area contributed by atoms with Crippen LogP contribution in [0.1, 0.15) is 20.3 Å². The molecular weight excluding hydrogens is 202 g/mol. The molecule has 0 bridgehead atoms. The van der Waals surface area contributed by atoms with Crippen molar-refractivity contribution in [2.24, 2.45) is 0 Å². The summed E-state index contributed by atoms with van der Waals surface area (Å²) in [7, 11) is 0. The minimum atomic E-state index is -1.03. The van der Waals surface area contributed by atoms with Gasteiger partial charge in [0, 0.05) is 20.3 Å². The Labute approximate surface area is 86.1 Å². The zero-order valence-electron chi connectivity index (χ0n) is 8.48. The topological polar surface area (TPSA) is 72.7 Å². The summed E-state index contributed by atoms with van der Waals surface area (Å²) in [6.45, 7) is 2.84. The van der Waals surface area contributed by atoms with Gasteiger partial charge >= 0.3 is 11.9 Å². The first-order valence-electron chi connectivity index (χ1n) is 4.64. The third-order valence-electron chi connectivity index (χ3n) is 2.69. The highest BCUT2D eigenvalue weighted by molar-refractivity contribution is 5.95. The molecule has 2 saturated heterocycles. The van der Waals surface area contributed by atoms with E-state index in [2.05, 4.69) is 0 Å². The summed E-state index contributed by atoms with van der Waals surface area (Å²) in [5.41, 5.74) is -1.03. The molecule has 2 heterocycles. The number of carbonyl (C=O) groups excluding carboxylic acids is 3. The van der Waals surface area contributed by atoms with Gasteiger partial charge in [-0.15, -0.1) is 0 Å². The minimum absolute atomic E-state index is 0.264. The van der Waals surface area contributed by atoms with E-state index >= 15 is 0 Å². The van der Waals surface area contributed by atoms with E-state index in [9.17, 15) is 14.4 Å². The van der Waals surface area contributed by atoms with Crippen molar-refractivity contribution in [3.8, 4) is 0 Å². The molecule has 0 aromatic heterocycles. The molecule has 0 N–H and O–H groups in total. The molecule has 2 rings (SSSR count). The monoisotopic (exact) mass is 213 g/mol. The normalized spacial score (nSPS) is 32.8. The van der Waals surface area contributed by atoms with Crippen LogP contribution in [0.2, 0.25) is 0 Å². The van der Waals surface area contributed by atoms with Gasteiger partial charge in [-0.25, -0.2) is 4.79 Å². The Hall–Kier alpha value is -1.59. The molecule has 0 saturated carbocycles. The smallest absolute Gasteiger partial charge is 0.338 e. The van der Waals surface area contributed by atoms with Crippen LogP contribution in [0.3, 0.4) is 0 Å². The largest absolute Gasteiger partial charge is 0.464 e. The number of amides is 1. The fourth-order valence-electron chi connectivity index (χ4n) is 2.03. The van der Waals surface area contributed by atoms with Crippen LogP contribution < -0.4 is 0 Å². The minimum Gasteiger partial charge on any atom is -0.464 e. The molecule has 1 spiro atoms. The standard InChI is InChI=1S/C9H11NO5/c1-5(11)10-7(15-6(2)12)9(10)3-4-14-8(9)13/h7H,3-4H2,1-2H3. The van der Waals surface area contributed by atoms with E-state index in [0.29, 0.717) is 6.42 Å². The van der Waals surface area contributed by atoms with Gasteiger partial charge in [-0.05, 0) is 0 Å². The molecule has 2 atom stereocenters. The van der Waals surface area contributed by atoms with Gasteiger partial charge in [-0.2, -0.15) is 0 Å². The summed E-state index contributed by atoms with van der Waals surface area (Å²) >= 11 is 0. The van der Waals surface area contributed by atoms with Crippen LogP contribution in [0.5, 0.6) is 0 Å². The Morgan fingerprint density at radius 2 is 2.20 bits per heavy atom. The van der Waals surface area contributed by atoms with E-state index in [1.54, 1.807) is 0 Å². The molecule has 2 unspecified atom stereocenters. The molecule has 2 aliphatic heterocycles. The lowest BCUT2D eigenvalue weighted by Crippen LogP contribution is -2.27. The number of rotatable bonds is 1. The zero-order chi connectivity index (χ0) is 11.2. The predicted octanol–water partition coefficient (Wildman–Crippen LogP) is -0.577. The van der Waals surface area contributed by atoms with Gasteiger partial charge in [-0.3, -0.25) is 14.5 Å². The highest BCUT2D eigenvalue weighted by Gasteiger charge is 2.75. The highest BCUT2D eigenvalue weighted by Crippen LogP contribution is 2.48. The van der Waals surface area contributed by atoms with E-state index < -0.39 is 23.7 Å². The Balaban J connectivity index is 2.21. The molecule has 0 radical (unpaired) electrons. The fraction of sp³-hybridized carbons (Fsp3) is 0.667. The van der Waals surface area contributed by atoms with Crippen molar-refractivity contribution in [2.75, 3.05) is 6.61 Å². The van der Waals surface area contributed by atoms with Gasteiger partial charge in [0.2, 0.25) is 17.7 Å². The van der Waals surface area contributed by atoms with Gasteiger partial charge < -0.3 is 9.47 Å². The molecule has 0 aromatic carbocycles. The molecule has 2 fully saturated rings. The van der Waals surface area contributed by atoms with Crippen LogP contribution in [-0.2, 0) is 23.9 Å². The molecule has 15 heavy (non-hydrogen) atoms. The lowest BCUT2D eigenvalue weighted by Gasteiger charge is -2.00. The molecule has 1 amide bonds. The molecule has 82 valence electrons. The Morgan fingerprint density at radius 1 is 1.53 bits per heavy atom. The molecule has 0 aliphatic carbocycles. The van der Waals surface area contributed by atoms with E-state index in [1.165, 1.54) is 18.7 Å². The second-order valence-electron chi connectivity index (χ2n) is 3.66. The van der Waals surface area contributed by atoms with Crippen molar-refractivity contribution < 1.29 is 23.9 Å². The number of hydrogen-bond acceptors (Lipinski definition) is 5. The Morgan fingerprint density at radius 3 is 2.60 bits per heavy atom. The van der Waals surface area contributed by atoms with Gasteiger partial charge in [0.25, 0.3) is 0 Å². The van der Waals surface area contributed by atoms with E-state index in [0.717, 1.165) is 0 Å². The summed E-state index contributed by atoms with van der Waals surface area (Å²) in [6, 6.07) is 0. The summed E-state index contributed by atoms with van der Waals surface area (Å²) in [5, 5.41) is 0. The van der Waals surface area contributed by atoms with Gasteiger partial charge in [0.15, 0.2) is 0 Å². The average Bonchev–Trinajstić information content (AvgIpc) is 2.56. The van der Waals surface area contributed by atoms with E-state index in [1.807, 2.05) is 0 Å². The third-order valence-corrected chi connectivity index (χ3v) is 2.69. The predicted molar refractivity (Wildman–Crippen MR) is 46.4 cm³/mol. The quantitative estimate of drug-likeness (QED) is 0.430. The van der Waals surface area contributed by atoms with E-state index in [4.69, 9.17) is 9.47 Å². The van der Waals surface area contributed by atoms with Crippen molar-refractivity contribution >= 4 is 17.8 Å². The maximum Gasteiger partial charge on any atom is 0.338 e. The molecule has 0 aromatic rings. The number of carbonyl (C=O) groups is 3. The Bertz CT molecular complexity index is 352. The first kappa shape index (κ1) is 9.95. The van der Waals surface area contributed by atoms with Crippen molar-refractivity contribution in [3.63, 3.8) is 0 Å². The highest BCUT2D eigenvalue weighted by atomic mass is 16.6. The molecule has 6 heteroatoms. The molecule has 6 nitrogen and oxygen atoms in total. The SMILES string of the molecule is CC(=O)OC1N(C(C)=O)C12CCOC2=O. The van der Waals surface area contributed by atoms with Crippen molar-refractivity contribution in [1.82, 2.24) is 4.90 Å². The van der Waals surface area contributed by atoms with Crippen molar-refractivity contribution in [1.29, 1.82) is 0 Å². The maximum atomic E-state index is 11.5. The van der Waals surface area contributed by atoms with Crippen LogP contribution in [0, 0.1) is 0 Å². The average molecular weight is 213 g/mol. The second kappa shape index (κ2) is 2.95. The van der Waals surface area contributed by atoms with Gasteiger partial charge in [0.05, 0.1) is 6.61 Å². The lowest BCUT2D eigenvalue weighted by atomic mass is 10.1. The fourth-order valence-corrected chi connectivity index (χ4v) is 2.03. The van der Waals surface area contributed by atoms with Crippen LogP contribution in [0.15, 0.2) is 0 Å². The first-order chi connectivity index (χ1) is 7.00. The lowest BCUT2D eigenvalue weighted by molar-refractivity contribution is -0.145. The summed E-state index contributed by atoms with van der Waals surface area (Å²) < 4.78 is 9.71. The number of esters is 2. The van der Waals surface area contributed by atoms with Crippen LogP contribution in [0.25, 0.3) is 0 Å². The van der Waals surface area contributed by atoms with Crippen molar-refractivity contribution in [3.05, 3.63) is 0 Å². The molecule has 2 aliphatic rings. The zero-order valence-corrected chi connectivity index (χ0v) is 8.48. The van der Waals surface area contributed by atoms with Gasteiger partial charge in [0.1, 0.15) is 0 Å². The van der Waals surface area contributed by atoms with Gasteiger partial charge in [-0.1, -0.05) is 0 Å².